The summed E-state index contributed by atoms with van der Waals surface area (Å²) < 4.78 is 0. The van der Waals surface area contributed by atoms with Gasteiger partial charge >= 0.3 is 6.09 Å². The molecule has 1 aliphatic rings. The topological polar surface area (TPSA) is 104 Å². The summed E-state index contributed by atoms with van der Waals surface area (Å²) in [6, 6.07) is 0.0569. The Morgan fingerprint density at radius 3 is 2.77 bits per heavy atom. The number of rotatable bonds is 6. The third-order valence-corrected chi connectivity index (χ3v) is 4.40. The second-order valence-corrected chi connectivity index (χ2v) is 6.10. The minimum Gasteiger partial charge on any atom is -0.465 e. The molecule has 22 heavy (non-hydrogen) atoms. The summed E-state index contributed by atoms with van der Waals surface area (Å²) in [7, 11) is 0. The molecule has 0 spiro atoms. The van der Waals surface area contributed by atoms with E-state index in [0.29, 0.717) is 22.5 Å². The normalized spacial score (nSPS) is 21.1. The van der Waals surface area contributed by atoms with Crippen molar-refractivity contribution < 1.29 is 14.7 Å². The van der Waals surface area contributed by atoms with Gasteiger partial charge in [0.05, 0.1) is 5.56 Å². The highest BCUT2D eigenvalue weighted by Gasteiger charge is 2.22. The van der Waals surface area contributed by atoms with Crippen LogP contribution in [0.2, 0.25) is 0 Å². The molecule has 0 radical (unpaired) electrons. The van der Waals surface area contributed by atoms with Gasteiger partial charge in [-0.05, 0) is 37.9 Å². The van der Waals surface area contributed by atoms with Crippen LogP contribution in [0.1, 0.15) is 36.0 Å². The maximum Gasteiger partial charge on any atom is 0.404 e. The number of hydrogen-bond donors (Lipinski definition) is 3. The Bertz CT molecular complexity index is 533. The molecule has 1 saturated carbocycles. The van der Waals surface area contributed by atoms with Crippen molar-refractivity contribution in [2.24, 2.45) is 5.92 Å². The van der Waals surface area contributed by atoms with Crippen molar-refractivity contribution in [3.05, 3.63) is 11.8 Å². The molecule has 0 atom stereocenters. The Morgan fingerprint density at radius 2 is 2.18 bits per heavy atom. The highest BCUT2D eigenvalue weighted by atomic mass is 32.2. The highest BCUT2D eigenvalue weighted by Crippen LogP contribution is 2.25. The number of amides is 1. The van der Waals surface area contributed by atoms with Crippen molar-refractivity contribution in [3.8, 4) is 0 Å². The van der Waals surface area contributed by atoms with E-state index in [2.05, 4.69) is 20.6 Å². The lowest BCUT2D eigenvalue weighted by atomic mass is 9.86. The quantitative estimate of drug-likeness (QED) is 0.419. The van der Waals surface area contributed by atoms with Crippen molar-refractivity contribution in [2.75, 3.05) is 18.1 Å². The molecule has 1 aromatic rings. The van der Waals surface area contributed by atoms with E-state index in [-0.39, 0.29) is 6.04 Å². The van der Waals surface area contributed by atoms with Gasteiger partial charge in [-0.2, -0.15) is 0 Å². The first-order valence-corrected chi connectivity index (χ1v) is 8.44. The molecule has 120 valence electrons. The maximum absolute atomic E-state index is 11.0. The van der Waals surface area contributed by atoms with Crippen LogP contribution in [0.25, 0.3) is 0 Å². The van der Waals surface area contributed by atoms with E-state index in [0.717, 1.165) is 38.5 Å². The van der Waals surface area contributed by atoms with Crippen molar-refractivity contribution in [2.45, 2.75) is 36.9 Å². The predicted molar refractivity (Wildman–Crippen MR) is 84.6 cm³/mol. The molecule has 8 heteroatoms. The number of thioether (sulfide) groups is 1. The van der Waals surface area contributed by atoms with E-state index in [1.807, 2.05) is 6.26 Å². The van der Waals surface area contributed by atoms with E-state index in [1.54, 1.807) is 0 Å². The van der Waals surface area contributed by atoms with Crippen LogP contribution in [0.4, 0.5) is 10.6 Å². The average molecular weight is 324 g/mol. The van der Waals surface area contributed by atoms with Gasteiger partial charge in [0.15, 0.2) is 11.4 Å². The third kappa shape index (κ3) is 4.59. The second kappa shape index (κ2) is 7.98. The molecular weight excluding hydrogens is 304 g/mol. The van der Waals surface area contributed by atoms with Gasteiger partial charge in [0.1, 0.15) is 5.82 Å². The van der Waals surface area contributed by atoms with Crippen LogP contribution in [0, 0.1) is 5.92 Å². The number of aromatic nitrogens is 2. The van der Waals surface area contributed by atoms with Gasteiger partial charge < -0.3 is 15.7 Å². The Kier molecular flexibility index (Phi) is 6.00. The van der Waals surface area contributed by atoms with Gasteiger partial charge in [-0.25, -0.2) is 14.8 Å². The molecule has 1 aromatic heterocycles. The van der Waals surface area contributed by atoms with Crippen LogP contribution in [-0.2, 0) is 0 Å². The van der Waals surface area contributed by atoms with Crippen molar-refractivity contribution >= 4 is 30.0 Å². The number of carbonyl (C=O) groups is 2. The van der Waals surface area contributed by atoms with Gasteiger partial charge in [-0.3, -0.25) is 4.79 Å². The molecule has 1 heterocycles. The number of anilines is 1. The smallest absolute Gasteiger partial charge is 0.404 e. The van der Waals surface area contributed by atoms with Gasteiger partial charge in [-0.15, -0.1) is 0 Å². The average Bonchev–Trinajstić information content (AvgIpc) is 2.53. The van der Waals surface area contributed by atoms with E-state index in [4.69, 9.17) is 5.11 Å². The maximum atomic E-state index is 11.0. The number of nitrogens with zero attached hydrogens (tertiary/aromatic N) is 2. The molecule has 0 unspecified atom stereocenters. The number of carbonyl (C=O) groups excluding carboxylic acids is 1. The minimum atomic E-state index is -0.956. The lowest BCUT2D eigenvalue weighted by Gasteiger charge is -2.28. The van der Waals surface area contributed by atoms with Crippen molar-refractivity contribution in [1.82, 2.24) is 15.3 Å². The predicted octanol–water partition coefficient (Wildman–Crippen LogP) is 2.25. The summed E-state index contributed by atoms with van der Waals surface area (Å²) >= 11 is 1.43. The summed E-state index contributed by atoms with van der Waals surface area (Å²) in [6.45, 7) is 0.728. The summed E-state index contributed by atoms with van der Waals surface area (Å²) in [4.78, 5) is 30.0. The first-order chi connectivity index (χ1) is 10.6. The first-order valence-electron chi connectivity index (χ1n) is 7.22. The Morgan fingerprint density at radius 1 is 1.45 bits per heavy atom. The number of aldehydes is 1. The zero-order valence-electron chi connectivity index (χ0n) is 12.4. The SMILES string of the molecule is CSc1ncc(C=O)c(NCC2CCC(NC(=O)O)CC2)n1. The van der Waals surface area contributed by atoms with E-state index >= 15 is 0 Å². The number of hydrogen-bond acceptors (Lipinski definition) is 6. The van der Waals surface area contributed by atoms with Crippen LogP contribution >= 0.6 is 11.8 Å². The van der Waals surface area contributed by atoms with Crippen molar-refractivity contribution in [1.29, 1.82) is 0 Å². The number of carboxylic acid groups (broad SMARTS) is 1. The summed E-state index contributed by atoms with van der Waals surface area (Å²) in [6.07, 6.45) is 6.81. The molecule has 2 rings (SSSR count). The van der Waals surface area contributed by atoms with Crippen LogP contribution in [0.15, 0.2) is 11.4 Å². The van der Waals surface area contributed by atoms with E-state index < -0.39 is 6.09 Å². The molecule has 1 aliphatic carbocycles. The standard InChI is InChI=1S/C14H20N4O3S/c1-22-13-16-7-10(8-19)12(18-13)15-6-9-2-4-11(5-3-9)17-14(20)21/h7-9,11,17H,2-6H2,1H3,(H,20,21)(H,15,16,18). The monoisotopic (exact) mass is 324 g/mol. The molecule has 3 N–H and O–H groups in total. The van der Waals surface area contributed by atoms with Crippen LogP contribution in [0.5, 0.6) is 0 Å². The number of nitrogens with one attached hydrogen (secondary N) is 2. The molecule has 1 amide bonds. The van der Waals surface area contributed by atoms with Crippen molar-refractivity contribution in [3.63, 3.8) is 0 Å². The van der Waals surface area contributed by atoms with Crippen LogP contribution < -0.4 is 10.6 Å². The molecule has 1 fully saturated rings. The zero-order chi connectivity index (χ0) is 15.9. The highest BCUT2D eigenvalue weighted by molar-refractivity contribution is 7.98. The van der Waals surface area contributed by atoms with Gasteiger partial charge in [0, 0.05) is 18.8 Å². The zero-order valence-corrected chi connectivity index (χ0v) is 13.2. The fourth-order valence-electron chi connectivity index (χ4n) is 2.63. The fourth-order valence-corrected chi connectivity index (χ4v) is 2.97. The molecule has 0 saturated heterocycles. The van der Waals surface area contributed by atoms with E-state index in [1.165, 1.54) is 18.0 Å². The first kappa shape index (κ1) is 16.5. The largest absolute Gasteiger partial charge is 0.465 e. The Labute approximate surface area is 133 Å². The fraction of sp³-hybridized carbons (Fsp3) is 0.571. The Hall–Kier alpha value is -1.83. The van der Waals surface area contributed by atoms with Gasteiger partial charge in [0.25, 0.3) is 0 Å². The second-order valence-electron chi connectivity index (χ2n) is 5.33. The third-order valence-electron chi connectivity index (χ3n) is 3.84. The summed E-state index contributed by atoms with van der Waals surface area (Å²) in [5, 5.41) is 15.1. The minimum absolute atomic E-state index is 0.0569. The molecule has 0 aliphatic heterocycles. The van der Waals surface area contributed by atoms with Gasteiger partial charge in [-0.1, -0.05) is 11.8 Å². The van der Waals surface area contributed by atoms with Crippen LogP contribution in [0.3, 0.4) is 0 Å². The summed E-state index contributed by atoms with van der Waals surface area (Å²) in [5.41, 5.74) is 0.457. The lowest BCUT2D eigenvalue weighted by Crippen LogP contribution is -2.37. The summed E-state index contributed by atoms with van der Waals surface area (Å²) in [5.74, 6) is 1.03. The lowest BCUT2D eigenvalue weighted by molar-refractivity contribution is 0.112. The molecule has 7 nitrogen and oxygen atoms in total. The van der Waals surface area contributed by atoms with E-state index in [9.17, 15) is 9.59 Å². The molecule has 0 aromatic carbocycles. The molecule has 0 bridgehead atoms. The molecular formula is C14H20N4O3S. The van der Waals surface area contributed by atoms with Gasteiger partial charge in [0.2, 0.25) is 0 Å². The van der Waals surface area contributed by atoms with Crippen LogP contribution in [-0.4, -0.2) is 46.3 Å². The Balaban J connectivity index is 1.86.